The molecule has 72 valence electrons. The van der Waals surface area contributed by atoms with Crippen LogP contribution in [0.5, 0.6) is 0 Å². The number of allylic oxidation sites excluding steroid dienone is 3. The Hall–Kier alpha value is -1.31. The van der Waals surface area contributed by atoms with Crippen molar-refractivity contribution >= 4 is 5.91 Å². The smallest absolute Gasteiger partial charge is 0.253 e. The Bertz CT molecular complexity index is 259. The molecule has 0 heterocycles. The van der Waals surface area contributed by atoms with Gasteiger partial charge in [-0.3, -0.25) is 4.79 Å². The molecule has 0 saturated carbocycles. The number of rotatable bonds is 3. The maximum Gasteiger partial charge on any atom is 0.253 e. The zero-order valence-corrected chi connectivity index (χ0v) is 8.79. The highest BCUT2D eigenvalue weighted by molar-refractivity contribution is 5.97. The van der Waals surface area contributed by atoms with Gasteiger partial charge in [-0.05, 0) is 19.4 Å². The monoisotopic (exact) mass is 179 g/mol. The van der Waals surface area contributed by atoms with E-state index in [0.29, 0.717) is 0 Å². The molecule has 0 aromatic rings. The summed E-state index contributed by atoms with van der Waals surface area (Å²) in [5.74, 6) is 0.0260. The summed E-state index contributed by atoms with van der Waals surface area (Å²) >= 11 is 0. The molecule has 13 heavy (non-hydrogen) atoms. The minimum absolute atomic E-state index is 0.0260. The van der Waals surface area contributed by atoms with E-state index in [1.54, 1.807) is 25.1 Å². The standard InChI is InChI=1S/C11H17NO/c1-6-8-9(3)10(7-2)11(13)12(4)5/h6-8H,1H2,2-5H3/b9-8-,10-7+. The fraction of sp³-hybridized carbons (Fsp3) is 0.364. The van der Waals surface area contributed by atoms with Gasteiger partial charge in [-0.1, -0.05) is 24.8 Å². The Morgan fingerprint density at radius 1 is 1.38 bits per heavy atom. The highest BCUT2D eigenvalue weighted by atomic mass is 16.2. The van der Waals surface area contributed by atoms with Gasteiger partial charge < -0.3 is 4.90 Å². The predicted octanol–water partition coefficient (Wildman–Crippen LogP) is 2.15. The third-order valence-corrected chi connectivity index (χ3v) is 1.72. The Morgan fingerprint density at radius 3 is 2.23 bits per heavy atom. The van der Waals surface area contributed by atoms with Crippen LogP contribution in [0.1, 0.15) is 13.8 Å². The van der Waals surface area contributed by atoms with Crippen LogP contribution in [-0.4, -0.2) is 24.9 Å². The van der Waals surface area contributed by atoms with Crippen LogP contribution in [0.15, 0.2) is 36.0 Å². The largest absolute Gasteiger partial charge is 0.345 e. The van der Waals surface area contributed by atoms with Crippen molar-refractivity contribution in [3.63, 3.8) is 0 Å². The van der Waals surface area contributed by atoms with E-state index in [2.05, 4.69) is 6.58 Å². The van der Waals surface area contributed by atoms with E-state index in [1.807, 2.05) is 26.0 Å². The number of hydrogen-bond donors (Lipinski definition) is 0. The van der Waals surface area contributed by atoms with Crippen LogP contribution in [0.25, 0.3) is 0 Å². The van der Waals surface area contributed by atoms with E-state index >= 15 is 0 Å². The molecule has 0 bridgehead atoms. The van der Waals surface area contributed by atoms with Crippen molar-refractivity contribution in [2.45, 2.75) is 13.8 Å². The van der Waals surface area contributed by atoms with Crippen molar-refractivity contribution in [3.05, 3.63) is 36.0 Å². The van der Waals surface area contributed by atoms with Gasteiger partial charge in [-0.25, -0.2) is 0 Å². The molecular formula is C11H17NO. The first-order valence-electron chi connectivity index (χ1n) is 4.22. The average Bonchev–Trinajstić information content (AvgIpc) is 2.05. The zero-order valence-electron chi connectivity index (χ0n) is 8.79. The third kappa shape index (κ3) is 3.28. The van der Waals surface area contributed by atoms with Crippen LogP contribution in [0, 0.1) is 0 Å². The molecule has 1 amide bonds. The molecule has 0 aliphatic rings. The highest BCUT2D eigenvalue weighted by Gasteiger charge is 2.11. The van der Waals surface area contributed by atoms with Gasteiger partial charge >= 0.3 is 0 Å². The summed E-state index contributed by atoms with van der Waals surface area (Å²) in [5, 5.41) is 0. The number of amides is 1. The second kappa shape index (κ2) is 5.36. The van der Waals surface area contributed by atoms with Crippen molar-refractivity contribution in [2.24, 2.45) is 0 Å². The Balaban J connectivity index is 4.84. The Morgan fingerprint density at radius 2 is 1.92 bits per heavy atom. The molecule has 0 N–H and O–H groups in total. The first-order chi connectivity index (χ1) is 6.04. The van der Waals surface area contributed by atoms with Crippen LogP contribution < -0.4 is 0 Å². The fourth-order valence-corrected chi connectivity index (χ4v) is 1.03. The maximum atomic E-state index is 11.6. The van der Waals surface area contributed by atoms with Crippen molar-refractivity contribution in [3.8, 4) is 0 Å². The van der Waals surface area contributed by atoms with Gasteiger partial charge in [0.05, 0.1) is 0 Å². The van der Waals surface area contributed by atoms with Gasteiger partial charge in [-0.2, -0.15) is 0 Å². The number of likely N-dealkylation sites (N-methyl/N-ethyl adjacent to an activating group) is 1. The Kier molecular flexibility index (Phi) is 4.82. The lowest BCUT2D eigenvalue weighted by Gasteiger charge is -2.13. The van der Waals surface area contributed by atoms with Gasteiger partial charge in [0, 0.05) is 19.7 Å². The molecule has 2 nitrogen and oxygen atoms in total. The quantitative estimate of drug-likeness (QED) is 0.480. The van der Waals surface area contributed by atoms with Crippen LogP contribution in [-0.2, 0) is 4.79 Å². The van der Waals surface area contributed by atoms with E-state index in [9.17, 15) is 4.79 Å². The van der Waals surface area contributed by atoms with E-state index in [4.69, 9.17) is 0 Å². The summed E-state index contributed by atoms with van der Waals surface area (Å²) in [5.41, 5.74) is 1.67. The van der Waals surface area contributed by atoms with E-state index in [1.165, 1.54) is 0 Å². The molecule has 0 fully saturated rings. The van der Waals surface area contributed by atoms with E-state index in [0.717, 1.165) is 11.1 Å². The molecule has 0 aliphatic heterocycles. The molecule has 0 aromatic carbocycles. The van der Waals surface area contributed by atoms with Gasteiger partial charge in [0.25, 0.3) is 5.91 Å². The number of nitrogens with zero attached hydrogens (tertiary/aromatic N) is 1. The second-order valence-corrected chi connectivity index (χ2v) is 2.99. The SMILES string of the molecule is C=C/C=C(C)\C(=C/C)C(=O)N(C)C. The van der Waals surface area contributed by atoms with Gasteiger partial charge in [0.15, 0.2) is 0 Å². The van der Waals surface area contributed by atoms with Crippen LogP contribution >= 0.6 is 0 Å². The Labute approximate surface area is 80.2 Å². The first kappa shape index (κ1) is 11.7. The average molecular weight is 179 g/mol. The summed E-state index contributed by atoms with van der Waals surface area (Å²) in [4.78, 5) is 13.1. The minimum Gasteiger partial charge on any atom is -0.345 e. The van der Waals surface area contributed by atoms with Crippen molar-refractivity contribution in [1.29, 1.82) is 0 Å². The molecule has 0 radical (unpaired) electrons. The summed E-state index contributed by atoms with van der Waals surface area (Å²) < 4.78 is 0. The van der Waals surface area contributed by atoms with Gasteiger partial charge in [0.2, 0.25) is 0 Å². The third-order valence-electron chi connectivity index (χ3n) is 1.72. The van der Waals surface area contributed by atoms with E-state index < -0.39 is 0 Å². The lowest BCUT2D eigenvalue weighted by atomic mass is 10.1. The molecule has 2 heteroatoms. The molecule has 0 atom stereocenters. The molecule has 0 spiro atoms. The molecule has 0 aliphatic carbocycles. The molecule has 0 unspecified atom stereocenters. The number of hydrogen-bond acceptors (Lipinski definition) is 1. The summed E-state index contributed by atoms with van der Waals surface area (Å²) in [6.45, 7) is 7.35. The summed E-state index contributed by atoms with van der Waals surface area (Å²) in [6, 6.07) is 0. The van der Waals surface area contributed by atoms with Crippen LogP contribution in [0.4, 0.5) is 0 Å². The normalized spacial score (nSPS) is 12.6. The van der Waals surface area contributed by atoms with Crippen molar-refractivity contribution in [1.82, 2.24) is 4.90 Å². The summed E-state index contributed by atoms with van der Waals surface area (Å²) in [7, 11) is 3.49. The lowest BCUT2D eigenvalue weighted by molar-refractivity contribution is -0.124. The van der Waals surface area contributed by atoms with Crippen molar-refractivity contribution < 1.29 is 4.79 Å². The van der Waals surface area contributed by atoms with Crippen molar-refractivity contribution in [2.75, 3.05) is 14.1 Å². The molecule has 0 saturated heterocycles. The number of carbonyl (C=O) groups excluding carboxylic acids is 1. The second-order valence-electron chi connectivity index (χ2n) is 2.99. The molecule has 0 rings (SSSR count). The topological polar surface area (TPSA) is 20.3 Å². The molecule has 0 aromatic heterocycles. The fourth-order valence-electron chi connectivity index (χ4n) is 1.03. The lowest BCUT2D eigenvalue weighted by Crippen LogP contribution is -2.23. The first-order valence-corrected chi connectivity index (χ1v) is 4.22. The molecular weight excluding hydrogens is 162 g/mol. The minimum atomic E-state index is 0.0260. The maximum absolute atomic E-state index is 11.6. The van der Waals surface area contributed by atoms with E-state index in [-0.39, 0.29) is 5.91 Å². The number of carbonyl (C=O) groups is 1. The predicted molar refractivity (Wildman–Crippen MR) is 56.4 cm³/mol. The van der Waals surface area contributed by atoms with Gasteiger partial charge in [-0.15, -0.1) is 0 Å². The highest BCUT2D eigenvalue weighted by Crippen LogP contribution is 2.11. The zero-order chi connectivity index (χ0) is 10.4. The van der Waals surface area contributed by atoms with Gasteiger partial charge in [0.1, 0.15) is 0 Å². The summed E-state index contributed by atoms with van der Waals surface area (Å²) in [6.07, 6.45) is 5.33. The van der Waals surface area contributed by atoms with Crippen LogP contribution in [0.3, 0.4) is 0 Å². The van der Waals surface area contributed by atoms with Crippen LogP contribution in [0.2, 0.25) is 0 Å².